The van der Waals surface area contributed by atoms with Crippen LogP contribution in [0.3, 0.4) is 0 Å². The lowest BCUT2D eigenvalue weighted by atomic mass is 9.87. The molecule has 4 rings (SSSR count). The number of aldehydes is 1. The molecule has 2 aromatic carbocycles. The van der Waals surface area contributed by atoms with Crippen molar-refractivity contribution in [3.05, 3.63) is 56.7 Å². The summed E-state index contributed by atoms with van der Waals surface area (Å²) in [5.41, 5.74) is 1.33. The second-order valence-electron chi connectivity index (χ2n) is 10.4. The summed E-state index contributed by atoms with van der Waals surface area (Å²) in [6.45, 7) is 1.36. The Balaban J connectivity index is 1.71. The summed E-state index contributed by atoms with van der Waals surface area (Å²) in [6, 6.07) is 7.48. The van der Waals surface area contributed by atoms with E-state index in [4.69, 9.17) is 18.9 Å². The summed E-state index contributed by atoms with van der Waals surface area (Å²) >= 11 is 1.99. The van der Waals surface area contributed by atoms with Gasteiger partial charge in [0.2, 0.25) is 18.6 Å². The van der Waals surface area contributed by atoms with Crippen LogP contribution in [-0.2, 0) is 20.9 Å². The smallest absolute Gasteiger partial charge is 0.247 e. The van der Waals surface area contributed by atoms with Gasteiger partial charge in [0.1, 0.15) is 24.3 Å². The van der Waals surface area contributed by atoms with Crippen LogP contribution in [-0.4, -0.2) is 84.3 Å². The van der Waals surface area contributed by atoms with Gasteiger partial charge in [-0.3, -0.25) is 14.4 Å². The number of hydrogen-bond acceptors (Lipinski definition) is 10. The molecule has 1 aliphatic carbocycles. The van der Waals surface area contributed by atoms with E-state index in [1.165, 1.54) is 31.1 Å². The average Bonchev–Trinajstić information content (AvgIpc) is 3.48. The molecule has 1 heterocycles. The van der Waals surface area contributed by atoms with E-state index >= 15 is 0 Å². The summed E-state index contributed by atoms with van der Waals surface area (Å²) in [7, 11) is 1.42. The highest BCUT2D eigenvalue weighted by Gasteiger charge is 2.41. The fourth-order valence-corrected chi connectivity index (χ4v) is 5.85. The third-order valence-electron chi connectivity index (χ3n) is 7.29. The predicted molar refractivity (Wildman–Crippen MR) is 166 cm³/mol. The molecule has 13 heteroatoms. The van der Waals surface area contributed by atoms with Crippen LogP contribution in [0.1, 0.15) is 48.5 Å². The Kier molecular flexibility index (Phi) is 11.6. The molecule has 0 saturated heterocycles. The number of nitrogens with one attached hydrogen (secondary N) is 1. The maximum absolute atomic E-state index is 13.7. The summed E-state index contributed by atoms with van der Waals surface area (Å²) in [5, 5.41) is 23.7. The predicted octanol–water partition coefficient (Wildman–Crippen LogP) is 2.54. The number of hydrogen-bond donors (Lipinski definition) is 3. The van der Waals surface area contributed by atoms with Gasteiger partial charge in [-0.15, -0.1) is 0 Å². The highest BCUT2D eigenvalue weighted by atomic mass is 127. The van der Waals surface area contributed by atoms with E-state index in [-0.39, 0.29) is 74.5 Å². The number of carbonyl (C=O) groups is 4. The molecule has 0 radical (unpaired) electrons. The van der Waals surface area contributed by atoms with Crippen LogP contribution in [0.15, 0.2) is 42.0 Å². The molecule has 2 aromatic rings. The Hall–Kier alpha value is -3.69. The Morgan fingerprint density at radius 1 is 1.16 bits per heavy atom. The van der Waals surface area contributed by atoms with Crippen LogP contribution in [0.25, 0.3) is 0 Å². The molecule has 3 N–H and O–H groups in total. The molecule has 0 fully saturated rings. The third kappa shape index (κ3) is 8.07. The monoisotopic (exact) mass is 722 g/mol. The van der Waals surface area contributed by atoms with Crippen molar-refractivity contribution in [2.45, 2.75) is 57.4 Å². The minimum absolute atomic E-state index is 0.000401. The highest BCUT2D eigenvalue weighted by Crippen LogP contribution is 2.38. The highest BCUT2D eigenvalue weighted by molar-refractivity contribution is 14.1. The summed E-state index contributed by atoms with van der Waals surface area (Å²) in [6.07, 6.45) is 0.385. The topological polar surface area (TPSA) is 161 Å². The van der Waals surface area contributed by atoms with Gasteiger partial charge in [0, 0.05) is 43.5 Å². The lowest BCUT2D eigenvalue weighted by Crippen LogP contribution is -2.54. The zero-order chi connectivity index (χ0) is 31.8. The SMILES string of the molecule is COc1cc(C=O)cc(I)c1O[C@H]1C=C(C(=O)NCCO)C[C@@H](N(Cc2ccc3c(c2)OCO3)C(=O)CCCC(C)=O)[C@@H]1O. The number of halogens is 1. The Bertz CT molecular complexity index is 1430. The Labute approximate surface area is 268 Å². The van der Waals surface area contributed by atoms with E-state index in [1.807, 2.05) is 22.6 Å². The van der Waals surface area contributed by atoms with E-state index in [2.05, 4.69) is 5.32 Å². The van der Waals surface area contributed by atoms with Gasteiger partial charge in [-0.05, 0) is 71.8 Å². The molecule has 12 nitrogen and oxygen atoms in total. The maximum atomic E-state index is 13.7. The van der Waals surface area contributed by atoms with Gasteiger partial charge in [0.15, 0.2) is 23.0 Å². The number of Topliss-reactive ketones (excluding diaryl/α,β-unsaturated/α-hetero) is 1. The summed E-state index contributed by atoms with van der Waals surface area (Å²) < 4.78 is 23.2. The van der Waals surface area contributed by atoms with Crippen molar-refractivity contribution in [3.63, 3.8) is 0 Å². The van der Waals surface area contributed by atoms with Gasteiger partial charge in [-0.25, -0.2) is 0 Å². The summed E-state index contributed by atoms with van der Waals surface area (Å²) in [4.78, 5) is 51.4. The van der Waals surface area contributed by atoms with Crippen molar-refractivity contribution in [2.75, 3.05) is 27.1 Å². The molecule has 2 amide bonds. The lowest BCUT2D eigenvalue weighted by Gasteiger charge is -2.41. The van der Waals surface area contributed by atoms with Gasteiger partial charge in [-0.2, -0.15) is 0 Å². The minimum atomic E-state index is -1.29. The standard InChI is InChI=1S/C31H35IN2O10/c1-18(37)4-3-5-28(38)34(15-19-6-7-24-25(11-19)43-17-42-24)23-13-21(31(40)33-8-9-35)14-26(29(23)39)44-30-22(32)10-20(16-36)12-27(30)41-2/h6-7,10-12,14,16,23,26,29,35,39H,3-5,8-9,13,15,17H2,1-2H3,(H,33,40)/t23-,26+,29+/m1/s1. The van der Waals surface area contributed by atoms with Crippen LogP contribution in [0, 0.1) is 3.57 Å². The molecule has 0 bridgehead atoms. The fraction of sp³-hybridized carbons (Fsp3) is 0.419. The number of amides is 2. The van der Waals surface area contributed by atoms with Crippen LogP contribution in [0.5, 0.6) is 23.0 Å². The van der Waals surface area contributed by atoms with Crippen LogP contribution >= 0.6 is 22.6 Å². The number of rotatable bonds is 14. The quantitative estimate of drug-likeness (QED) is 0.195. The molecular weight excluding hydrogens is 687 g/mol. The third-order valence-corrected chi connectivity index (χ3v) is 8.09. The fourth-order valence-electron chi connectivity index (χ4n) is 5.10. The largest absolute Gasteiger partial charge is 0.493 e. The van der Waals surface area contributed by atoms with Crippen molar-refractivity contribution in [1.82, 2.24) is 10.2 Å². The van der Waals surface area contributed by atoms with E-state index in [1.54, 1.807) is 24.3 Å². The minimum Gasteiger partial charge on any atom is -0.493 e. The molecule has 0 unspecified atom stereocenters. The lowest BCUT2D eigenvalue weighted by molar-refractivity contribution is -0.139. The Morgan fingerprint density at radius 2 is 1.93 bits per heavy atom. The van der Waals surface area contributed by atoms with E-state index in [0.717, 1.165) is 0 Å². The molecule has 0 spiro atoms. The number of benzene rings is 2. The maximum Gasteiger partial charge on any atom is 0.247 e. The second kappa shape index (κ2) is 15.3. The number of aliphatic hydroxyl groups excluding tert-OH is 2. The number of aliphatic hydroxyl groups is 2. The van der Waals surface area contributed by atoms with Crippen molar-refractivity contribution >= 4 is 46.5 Å². The zero-order valence-electron chi connectivity index (χ0n) is 24.4. The van der Waals surface area contributed by atoms with Gasteiger partial charge >= 0.3 is 0 Å². The van der Waals surface area contributed by atoms with Gasteiger partial charge in [-0.1, -0.05) is 6.07 Å². The molecule has 2 aliphatic rings. The first-order chi connectivity index (χ1) is 21.1. The number of methoxy groups -OCH3 is 1. The van der Waals surface area contributed by atoms with E-state index in [0.29, 0.717) is 38.9 Å². The van der Waals surface area contributed by atoms with Gasteiger partial charge in [0.05, 0.1) is 23.3 Å². The van der Waals surface area contributed by atoms with Crippen LogP contribution in [0.4, 0.5) is 0 Å². The van der Waals surface area contributed by atoms with Crippen molar-refractivity contribution in [2.24, 2.45) is 0 Å². The van der Waals surface area contributed by atoms with Crippen molar-refractivity contribution in [1.29, 1.82) is 0 Å². The molecule has 3 atom stereocenters. The molecule has 0 saturated carbocycles. The molecule has 44 heavy (non-hydrogen) atoms. The molecular formula is C31H35IN2O10. The second-order valence-corrected chi connectivity index (χ2v) is 11.6. The number of nitrogens with zero attached hydrogens (tertiary/aromatic N) is 1. The zero-order valence-corrected chi connectivity index (χ0v) is 26.6. The first kappa shape index (κ1) is 33.2. The first-order valence-corrected chi connectivity index (χ1v) is 15.2. The van der Waals surface area contributed by atoms with Crippen LogP contribution in [0.2, 0.25) is 0 Å². The molecule has 0 aromatic heterocycles. The van der Waals surface area contributed by atoms with Gasteiger partial charge in [0.25, 0.3) is 0 Å². The molecule has 1 aliphatic heterocycles. The normalized spacial score (nSPS) is 18.7. The summed E-state index contributed by atoms with van der Waals surface area (Å²) in [5.74, 6) is 0.785. The average molecular weight is 723 g/mol. The van der Waals surface area contributed by atoms with E-state index in [9.17, 15) is 29.4 Å². The van der Waals surface area contributed by atoms with Crippen LogP contribution < -0.4 is 24.3 Å². The number of ketones is 1. The number of ether oxygens (including phenoxy) is 4. The van der Waals surface area contributed by atoms with Crippen molar-refractivity contribution in [3.8, 4) is 23.0 Å². The Morgan fingerprint density at radius 3 is 2.64 bits per heavy atom. The first-order valence-electron chi connectivity index (χ1n) is 14.1. The molecule has 236 valence electrons. The number of carbonyl (C=O) groups excluding carboxylic acids is 4. The van der Waals surface area contributed by atoms with Crippen molar-refractivity contribution < 1.29 is 48.3 Å². The number of fused-ring (bicyclic) bond motifs is 1. The van der Waals surface area contributed by atoms with E-state index < -0.39 is 24.2 Å². The van der Waals surface area contributed by atoms with Gasteiger partial charge < -0.3 is 44.2 Å².